The van der Waals surface area contributed by atoms with E-state index in [0.29, 0.717) is 17.8 Å². The number of carbonyl (C=O) groups is 5. The summed E-state index contributed by atoms with van der Waals surface area (Å²) in [5, 5.41) is 16.2. The highest BCUT2D eigenvalue weighted by Crippen LogP contribution is 2.32. The number of benzene rings is 2. The number of anilines is 1. The second kappa shape index (κ2) is 16.2. The second-order valence-corrected chi connectivity index (χ2v) is 10.8. The number of hydrogen-bond acceptors (Lipinski definition) is 8. The van der Waals surface area contributed by atoms with Crippen LogP contribution in [-0.2, 0) is 26.3 Å². The molecule has 44 heavy (non-hydrogen) atoms. The van der Waals surface area contributed by atoms with E-state index in [9.17, 15) is 32.3 Å². The summed E-state index contributed by atoms with van der Waals surface area (Å²) in [7, 11) is 1.28. The molecule has 6 N–H and O–H groups in total. The summed E-state index contributed by atoms with van der Waals surface area (Å²) in [5.41, 5.74) is 12.7. The number of aliphatic carboxylic acids is 2. The molecule has 2 amide bonds. The van der Waals surface area contributed by atoms with Gasteiger partial charge in [0, 0.05) is 22.7 Å². The van der Waals surface area contributed by atoms with E-state index < -0.39 is 36.5 Å². The van der Waals surface area contributed by atoms with Crippen LogP contribution in [0.4, 0.5) is 18.9 Å². The van der Waals surface area contributed by atoms with Gasteiger partial charge in [0.2, 0.25) is 5.91 Å². The smallest absolute Gasteiger partial charge is 0.480 e. The summed E-state index contributed by atoms with van der Waals surface area (Å²) in [6.45, 7) is 5.95. The van der Waals surface area contributed by atoms with Crippen LogP contribution in [0.15, 0.2) is 60.7 Å². The predicted molar refractivity (Wildman–Crippen MR) is 157 cm³/mol. The standard InChI is InChI=1S/C16H16N2O3.C11H15NO3S.C2HF3O2/c17-10-12-5-4-6-13(9-12)16(21)18(11-15(19)20)14-7-2-1-3-8-14;1-11(2,3)7-5-6(9(12)13)8(16-7)10(14)15-4;3-2(4,5)1(6)7/h1-9H,10-11,17H2,(H,19,20);5H,1-4H3,(H2,12,13);(H,6,7). The molecule has 0 saturated carbocycles. The number of primary amides is 1. The lowest BCUT2D eigenvalue weighted by molar-refractivity contribution is -0.192. The Balaban J connectivity index is 0.000000372. The Morgan fingerprint density at radius 2 is 1.50 bits per heavy atom. The number of methoxy groups -OCH3 is 1. The number of nitrogens with two attached hydrogens (primary N) is 2. The number of nitrogens with zero attached hydrogens (tertiary/aromatic N) is 1. The monoisotopic (exact) mass is 639 g/mol. The maximum absolute atomic E-state index is 12.6. The van der Waals surface area contributed by atoms with Crippen LogP contribution >= 0.6 is 11.3 Å². The van der Waals surface area contributed by atoms with Crippen LogP contribution in [0.2, 0.25) is 0 Å². The molecule has 0 saturated heterocycles. The minimum atomic E-state index is -5.08. The number of thiophene rings is 1. The van der Waals surface area contributed by atoms with Crippen LogP contribution in [0.25, 0.3) is 0 Å². The van der Waals surface area contributed by atoms with Gasteiger partial charge in [-0.05, 0) is 41.3 Å². The van der Waals surface area contributed by atoms with Gasteiger partial charge in [-0.25, -0.2) is 9.59 Å². The third-order valence-corrected chi connectivity index (χ3v) is 6.91. The zero-order chi connectivity index (χ0) is 33.8. The number of hydrogen-bond donors (Lipinski definition) is 4. The first kappa shape index (κ1) is 37.3. The van der Waals surface area contributed by atoms with Crippen molar-refractivity contribution in [2.24, 2.45) is 11.5 Å². The number of halogens is 3. The van der Waals surface area contributed by atoms with E-state index in [4.69, 9.17) is 26.5 Å². The highest BCUT2D eigenvalue weighted by atomic mass is 32.1. The van der Waals surface area contributed by atoms with Crippen molar-refractivity contribution in [2.45, 2.75) is 38.9 Å². The molecule has 0 aliphatic rings. The molecular formula is C29H32F3N3O8S. The van der Waals surface area contributed by atoms with Crippen molar-refractivity contribution in [3.05, 3.63) is 87.1 Å². The molecular weight excluding hydrogens is 607 g/mol. The van der Waals surface area contributed by atoms with Crippen molar-refractivity contribution in [2.75, 3.05) is 18.6 Å². The fraction of sp³-hybridized carbons (Fsp3) is 0.276. The van der Waals surface area contributed by atoms with Gasteiger partial charge in [0.05, 0.1) is 12.7 Å². The topological polar surface area (TPSA) is 190 Å². The van der Waals surface area contributed by atoms with E-state index >= 15 is 0 Å². The van der Waals surface area contributed by atoms with Gasteiger partial charge in [-0.3, -0.25) is 19.3 Å². The van der Waals surface area contributed by atoms with Crippen molar-refractivity contribution in [3.63, 3.8) is 0 Å². The van der Waals surface area contributed by atoms with E-state index in [1.54, 1.807) is 48.5 Å². The number of carboxylic acid groups (broad SMARTS) is 2. The molecule has 1 heterocycles. The lowest BCUT2D eigenvalue weighted by Gasteiger charge is -2.21. The van der Waals surface area contributed by atoms with Crippen LogP contribution in [0, 0.1) is 0 Å². The minimum absolute atomic E-state index is 0.124. The summed E-state index contributed by atoms with van der Waals surface area (Å²) in [6.07, 6.45) is -5.08. The normalized spacial score (nSPS) is 10.7. The van der Waals surface area contributed by atoms with E-state index in [1.807, 2.05) is 32.9 Å². The highest BCUT2D eigenvalue weighted by molar-refractivity contribution is 7.14. The molecule has 3 rings (SSSR count). The van der Waals surface area contributed by atoms with Crippen molar-refractivity contribution < 1.29 is 52.1 Å². The molecule has 0 unspecified atom stereocenters. The molecule has 0 spiro atoms. The maximum Gasteiger partial charge on any atom is 0.490 e. The minimum Gasteiger partial charge on any atom is -0.480 e. The van der Waals surface area contributed by atoms with Crippen LogP contribution in [-0.4, -0.2) is 59.8 Å². The largest absolute Gasteiger partial charge is 0.490 e. The van der Waals surface area contributed by atoms with Crippen molar-refractivity contribution in [1.29, 1.82) is 0 Å². The number of carboxylic acids is 2. The molecule has 2 aromatic carbocycles. The van der Waals surface area contributed by atoms with Crippen LogP contribution < -0.4 is 16.4 Å². The van der Waals surface area contributed by atoms with E-state index in [1.165, 1.54) is 23.3 Å². The molecule has 0 fully saturated rings. The van der Waals surface area contributed by atoms with E-state index in [-0.39, 0.29) is 21.8 Å². The Morgan fingerprint density at radius 3 is 1.93 bits per heavy atom. The third-order valence-electron chi connectivity index (χ3n) is 5.37. The van der Waals surface area contributed by atoms with Gasteiger partial charge in [0.25, 0.3) is 5.91 Å². The Hall–Kier alpha value is -4.76. The van der Waals surface area contributed by atoms with Crippen LogP contribution in [0.5, 0.6) is 0 Å². The first-order valence-electron chi connectivity index (χ1n) is 12.5. The van der Waals surface area contributed by atoms with E-state index in [2.05, 4.69) is 4.74 Å². The zero-order valence-corrected chi connectivity index (χ0v) is 25.0. The molecule has 0 radical (unpaired) electrons. The Morgan fingerprint density at radius 1 is 0.932 bits per heavy atom. The van der Waals surface area contributed by atoms with Gasteiger partial charge in [0.15, 0.2) is 0 Å². The average molecular weight is 640 g/mol. The van der Waals surface area contributed by atoms with E-state index in [0.717, 1.165) is 10.4 Å². The second-order valence-electron chi connectivity index (χ2n) is 9.79. The first-order valence-corrected chi connectivity index (χ1v) is 13.3. The number of alkyl halides is 3. The van der Waals surface area contributed by atoms with Gasteiger partial charge < -0.3 is 26.4 Å². The Kier molecular flexibility index (Phi) is 13.7. The lowest BCUT2D eigenvalue weighted by Crippen LogP contribution is -2.35. The molecule has 0 aliphatic heterocycles. The summed E-state index contributed by atoms with van der Waals surface area (Å²) >= 11 is 1.25. The molecule has 238 valence electrons. The maximum atomic E-state index is 12.6. The molecule has 0 bridgehead atoms. The summed E-state index contributed by atoms with van der Waals surface area (Å²) < 4.78 is 36.4. The molecule has 1 aromatic heterocycles. The van der Waals surface area contributed by atoms with Crippen molar-refractivity contribution in [1.82, 2.24) is 0 Å². The zero-order valence-electron chi connectivity index (χ0n) is 24.2. The van der Waals surface area contributed by atoms with Crippen molar-refractivity contribution >= 4 is 46.7 Å². The highest BCUT2D eigenvalue weighted by Gasteiger charge is 2.38. The molecule has 3 aromatic rings. The number of carbonyl (C=O) groups excluding carboxylic acids is 3. The number of rotatable bonds is 7. The summed E-state index contributed by atoms with van der Waals surface area (Å²) in [4.78, 5) is 57.6. The van der Waals surface area contributed by atoms with Gasteiger partial charge >= 0.3 is 24.1 Å². The quantitative estimate of drug-likeness (QED) is 0.271. The number of ether oxygens (including phenoxy) is 1. The van der Waals surface area contributed by atoms with Gasteiger partial charge in [-0.1, -0.05) is 51.1 Å². The fourth-order valence-electron chi connectivity index (χ4n) is 3.20. The Labute approximate surface area is 254 Å². The van der Waals surface area contributed by atoms with Gasteiger partial charge in [-0.2, -0.15) is 13.2 Å². The first-order chi connectivity index (χ1) is 20.3. The fourth-order valence-corrected chi connectivity index (χ4v) is 4.34. The van der Waals surface area contributed by atoms with Gasteiger partial charge in [-0.15, -0.1) is 11.3 Å². The predicted octanol–water partition coefficient (Wildman–Crippen LogP) is 4.44. The average Bonchev–Trinajstić information content (AvgIpc) is 3.43. The molecule has 0 atom stereocenters. The van der Waals surface area contributed by atoms with Crippen LogP contribution in [0.1, 0.15) is 61.6 Å². The summed E-state index contributed by atoms with van der Waals surface area (Å²) in [6, 6.07) is 17.3. The third kappa shape index (κ3) is 11.5. The number of para-hydroxylation sites is 1. The SMILES string of the molecule is COC(=O)c1sc(C(C)(C)C)cc1C(N)=O.NCc1cccc(C(=O)N(CC(=O)O)c2ccccc2)c1.O=C(O)C(F)(F)F. The summed E-state index contributed by atoms with van der Waals surface area (Å²) in [5.74, 6) is -5.31. The van der Waals surface area contributed by atoms with Crippen molar-refractivity contribution in [3.8, 4) is 0 Å². The number of esters is 1. The van der Waals surface area contributed by atoms with Crippen LogP contribution in [0.3, 0.4) is 0 Å². The van der Waals surface area contributed by atoms with Gasteiger partial charge in [0.1, 0.15) is 11.4 Å². The molecule has 15 heteroatoms. The molecule has 11 nitrogen and oxygen atoms in total. The lowest BCUT2D eigenvalue weighted by atomic mass is 9.94. The number of amides is 2. The molecule has 0 aliphatic carbocycles. The Bertz CT molecular complexity index is 1470.